The summed E-state index contributed by atoms with van der Waals surface area (Å²) in [5.41, 5.74) is 2.35. The van der Waals surface area contributed by atoms with E-state index in [0.29, 0.717) is 30.0 Å². The SMILES string of the molecule is COc1cc(C(=O)N(CCCc2ccccc2)CC(O)CCC(=O)O)cc(OC)c1C. The predicted molar refractivity (Wildman–Crippen MR) is 118 cm³/mol. The van der Waals surface area contributed by atoms with Crippen molar-refractivity contribution >= 4 is 11.9 Å². The molecule has 0 radical (unpaired) electrons. The second-order valence-corrected chi connectivity index (χ2v) is 7.43. The number of amides is 1. The standard InChI is InChI=1S/C24H31NO6/c1-17-21(30-2)14-19(15-22(17)31-3)24(29)25(16-20(26)11-12-23(27)28)13-7-10-18-8-5-4-6-9-18/h4-6,8-9,14-15,20,26H,7,10-13,16H2,1-3H3,(H,27,28). The van der Waals surface area contributed by atoms with Crippen molar-refractivity contribution in [3.63, 3.8) is 0 Å². The lowest BCUT2D eigenvalue weighted by atomic mass is 10.1. The minimum Gasteiger partial charge on any atom is -0.496 e. The molecule has 0 heterocycles. The van der Waals surface area contributed by atoms with Crippen LogP contribution in [0.25, 0.3) is 0 Å². The zero-order chi connectivity index (χ0) is 22.8. The first-order valence-electron chi connectivity index (χ1n) is 10.3. The molecule has 0 spiro atoms. The third-order valence-electron chi connectivity index (χ3n) is 5.15. The number of aliphatic hydroxyl groups excluding tert-OH is 1. The number of hydrogen-bond donors (Lipinski definition) is 2. The van der Waals surface area contributed by atoms with E-state index >= 15 is 0 Å². The number of rotatable bonds is 12. The summed E-state index contributed by atoms with van der Waals surface area (Å²) >= 11 is 0. The lowest BCUT2D eigenvalue weighted by Crippen LogP contribution is -2.38. The Morgan fingerprint density at radius 1 is 1.06 bits per heavy atom. The van der Waals surface area contributed by atoms with Gasteiger partial charge in [0, 0.05) is 30.6 Å². The van der Waals surface area contributed by atoms with E-state index in [2.05, 4.69) is 0 Å². The zero-order valence-electron chi connectivity index (χ0n) is 18.3. The first kappa shape index (κ1) is 24.2. The quantitative estimate of drug-likeness (QED) is 0.537. The van der Waals surface area contributed by atoms with Crippen LogP contribution in [0.2, 0.25) is 0 Å². The molecule has 2 N–H and O–H groups in total. The number of benzene rings is 2. The van der Waals surface area contributed by atoms with E-state index in [9.17, 15) is 14.7 Å². The molecule has 168 valence electrons. The fourth-order valence-electron chi connectivity index (χ4n) is 3.42. The molecule has 0 aliphatic heterocycles. The number of hydrogen-bond acceptors (Lipinski definition) is 5. The second-order valence-electron chi connectivity index (χ2n) is 7.43. The molecule has 0 saturated carbocycles. The van der Waals surface area contributed by atoms with Gasteiger partial charge >= 0.3 is 5.97 Å². The largest absolute Gasteiger partial charge is 0.496 e. The van der Waals surface area contributed by atoms with Gasteiger partial charge in [-0.3, -0.25) is 9.59 Å². The summed E-state index contributed by atoms with van der Waals surface area (Å²) in [4.78, 5) is 25.7. The molecule has 7 heteroatoms. The molecular formula is C24H31NO6. The van der Waals surface area contributed by atoms with E-state index < -0.39 is 12.1 Å². The minimum atomic E-state index is -0.978. The first-order chi connectivity index (χ1) is 14.8. The molecule has 0 saturated heterocycles. The van der Waals surface area contributed by atoms with Gasteiger partial charge < -0.3 is 24.6 Å². The van der Waals surface area contributed by atoms with Crippen molar-refractivity contribution in [3.8, 4) is 11.5 Å². The van der Waals surface area contributed by atoms with Crippen LogP contribution in [0.1, 0.15) is 40.7 Å². The first-order valence-corrected chi connectivity index (χ1v) is 10.3. The number of nitrogens with zero attached hydrogens (tertiary/aromatic N) is 1. The normalized spacial score (nSPS) is 11.6. The summed E-state index contributed by atoms with van der Waals surface area (Å²) in [5.74, 6) is -0.162. The fraction of sp³-hybridized carbons (Fsp3) is 0.417. The van der Waals surface area contributed by atoms with Crippen LogP contribution in [-0.4, -0.2) is 60.4 Å². The highest BCUT2D eigenvalue weighted by molar-refractivity contribution is 5.95. The maximum atomic E-state index is 13.3. The number of aliphatic carboxylic acids is 1. The van der Waals surface area contributed by atoms with E-state index in [1.807, 2.05) is 37.3 Å². The lowest BCUT2D eigenvalue weighted by molar-refractivity contribution is -0.137. The second kappa shape index (κ2) is 12.0. The van der Waals surface area contributed by atoms with Gasteiger partial charge in [0.05, 0.1) is 20.3 Å². The Morgan fingerprint density at radius 3 is 2.23 bits per heavy atom. The summed E-state index contributed by atoms with van der Waals surface area (Å²) in [6, 6.07) is 13.3. The Bertz CT molecular complexity index is 843. The van der Waals surface area contributed by atoms with E-state index in [1.54, 1.807) is 17.0 Å². The Kier molecular flexibility index (Phi) is 9.34. The molecule has 31 heavy (non-hydrogen) atoms. The molecule has 7 nitrogen and oxygen atoms in total. The van der Waals surface area contributed by atoms with Crippen LogP contribution in [0.3, 0.4) is 0 Å². The average Bonchev–Trinajstić information content (AvgIpc) is 2.77. The average molecular weight is 430 g/mol. The number of carboxylic acid groups (broad SMARTS) is 1. The number of aryl methyl sites for hydroxylation is 1. The minimum absolute atomic E-state index is 0.0550. The highest BCUT2D eigenvalue weighted by atomic mass is 16.5. The van der Waals surface area contributed by atoms with Gasteiger partial charge in [0.2, 0.25) is 0 Å². The van der Waals surface area contributed by atoms with Crippen molar-refractivity contribution in [3.05, 3.63) is 59.2 Å². The summed E-state index contributed by atoms with van der Waals surface area (Å²) in [7, 11) is 3.06. The Morgan fingerprint density at radius 2 is 1.68 bits per heavy atom. The van der Waals surface area contributed by atoms with Crippen molar-refractivity contribution < 1.29 is 29.3 Å². The summed E-state index contributed by atoms with van der Waals surface area (Å²) < 4.78 is 10.8. The number of methoxy groups -OCH3 is 2. The molecule has 2 rings (SSSR count). The van der Waals surface area contributed by atoms with Crippen molar-refractivity contribution in [2.24, 2.45) is 0 Å². The van der Waals surface area contributed by atoms with Gasteiger partial charge in [-0.05, 0) is 43.9 Å². The summed E-state index contributed by atoms with van der Waals surface area (Å²) in [5, 5.41) is 19.2. The number of ether oxygens (including phenoxy) is 2. The Hall–Kier alpha value is -3.06. The van der Waals surface area contributed by atoms with E-state index in [0.717, 1.165) is 12.0 Å². The predicted octanol–water partition coefficient (Wildman–Crippen LogP) is 3.31. The molecule has 2 aromatic carbocycles. The van der Waals surface area contributed by atoms with Crippen molar-refractivity contribution in [2.75, 3.05) is 27.3 Å². The van der Waals surface area contributed by atoms with Gasteiger partial charge in [-0.25, -0.2) is 0 Å². The summed E-state index contributed by atoms with van der Waals surface area (Å²) in [6.07, 6.45) is 0.501. The molecule has 1 unspecified atom stereocenters. The van der Waals surface area contributed by atoms with E-state index in [4.69, 9.17) is 14.6 Å². The van der Waals surface area contributed by atoms with Crippen molar-refractivity contribution in [2.45, 2.75) is 38.7 Å². The van der Waals surface area contributed by atoms with Crippen LogP contribution < -0.4 is 9.47 Å². The van der Waals surface area contributed by atoms with Gasteiger partial charge in [-0.15, -0.1) is 0 Å². The monoisotopic (exact) mass is 429 g/mol. The highest BCUT2D eigenvalue weighted by Crippen LogP contribution is 2.30. The number of carboxylic acids is 1. The van der Waals surface area contributed by atoms with Gasteiger partial charge in [0.15, 0.2) is 0 Å². The number of carbonyl (C=O) groups excluding carboxylic acids is 1. The third-order valence-corrected chi connectivity index (χ3v) is 5.15. The van der Waals surface area contributed by atoms with Crippen LogP contribution in [0.4, 0.5) is 0 Å². The van der Waals surface area contributed by atoms with Crippen molar-refractivity contribution in [1.82, 2.24) is 4.90 Å². The summed E-state index contributed by atoms with van der Waals surface area (Å²) in [6.45, 7) is 2.33. The van der Waals surface area contributed by atoms with Crippen LogP contribution in [0.5, 0.6) is 11.5 Å². The smallest absolute Gasteiger partial charge is 0.303 e. The Labute approximate surface area is 183 Å². The zero-order valence-corrected chi connectivity index (χ0v) is 18.3. The maximum Gasteiger partial charge on any atom is 0.303 e. The van der Waals surface area contributed by atoms with Gasteiger partial charge in [-0.1, -0.05) is 30.3 Å². The Balaban J connectivity index is 2.19. The molecule has 1 amide bonds. The fourth-order valence-corrected chi connectivity index (χ4v) is 3.42. The number of aliphatic hydroxyl groups is 1. The van der Waals surface area contributed by atoms with Crippen LogP contribution in [0.15, 0.2) is 42.5 Å². The molecule has 0 bridgehead atoms. The van der Waals surface area contributed by atoms with Crippen molar-refractivity contribution in [1.29, 1.82) is 0 Å². The number of carbonyl (C=O) groups is 2. The molecule has 0 aliphatic rings. The van der Waals surface area contributed by atoms with Gasteiger partial charge in [0.1, 0.15) is 11.5 Å². The lowest BCUT2D eigenvalue weighted by Gasteiger charge is -2.26. The highest BCUT2D eigenvalue weighted by Gasteiger charge is 2.22. The molecular weight excluding hydrogens is 398 g/mol. The van der Waals surface area contributed by atoms with Crippen LogP contribution >= 0.6 is 0 Å². The molecule has 1 atom stereocenters. The van der Waals surface area contributed by atoms with Gasteiger partial charge in [-0.2, -0.15) is 0 Å². The maximum absolute atomic E-state index is 13.3. The van der Waals surface area contributed by atoms with Gasteiger partial charge in [0.25, 0.3) is 5.91 Å². The molecule has 0 fully saturated rings. The topological polar surface area (TPSA) is 96.3 Å². The van der Waals surface area contributed by atoms with E-state index in [1.165, 1.54) is 19.8 Å². The molecule has 2 aromatic rings. The van der Waals surface area contributed by atoms with Crippen LogP contribution in [-0.2, 0) is 11.2 Å². The van der Waals surface area contributed by atoms with E-state index in [-0.39, 0.29) is 25.3 Å². The molecule has 0 aliphatic carbocycles. The molecule has 0 aromatic heterocycles. The van der Waals surface area contributed by atoms with Crippen LogP contribution in [0, 0.1) is 6.92 Å². The third kappa shape index (κ3) is 7.29.